The Labute approximate surface area is 204 Å². The summed E-state index contributed by atoms with van der Waals surface area (Å²) in [5.74, 6) is -0.642. The topological polar surface area (TPSA) is 86.7 Å². The monoisotopic (exact) mass is 494 g/mol. The van der Waals surface area contributed by atoms with Gasteiger partial charge in [-0.2, -0.15) is 0 Å². The fourth-order valence-electron chi connectivity index (χ4n) is 5.74. The smallest absolute Gasteiger partial charge is 0.304 e. The van der Waals surface area contributed by atoms with E-state index in [1.807, 2.05) is 36.1 Å². The average Bonchev–Trinajstić information content (AvgIpc) is 3.48. The van der Waals surface area contributed by atoms with Crippen molar-refractivity contribution in [2.24, 2.45) is 11.3 Å². The zero-order valence-corrected chi connectivity index (χ0v) is 20.9. The number of aliphatic carboxylic acids is 1. The van der Waals surface area contributed by atoms with Crippen LogP contribution in [0.5, 0.6) is 0 Å². The molecule has 1 aromatic carbocycles. The summed E-state index contributed by atoms with van der Waals surface area (Å²) in [6, 6.07) is 7.41. The first-order valence-corrected chi connectivity index (χ1v) is 13.9. The lowest BCUT2D eigenvalue weighted by molar-refractivity contribution is -0.161. The molecule has 0 bridgehead atoms. The number of carboxylic acids is 1. The first-order chi connectivity index (χ1) is 15.8. The molecule has 33 heavy (non-hydrogen) atoms. The van der Waals surface area contributed by atoms with Crippen LogP contribution in [0, 0.1) is 11.3 Å². The molecule has 2 unspecified atom stereocenters. The second-order valence-corrected chi connectivity index (χ2v) is 12.0. The number of piperidine rings is 1. The van der Waals surface area contributed by atoms with Gasteiger partial charge in [0.25, 0.3) is 0 Å². The van der Waals surface area contributed by atoms with Crippen LogP contribution < -0.4 is 4.72 Å². The summed E-state index contributed by atoms with van der Waals surface area (Å²) in [7, 11) is -1.11. The third-order valence-corrected chi connectivity index (χ3v) is 9.68. The molecule has 4 rings (SSSR count). The number of amides is 1. The highest BCUT2D eigenvalue weighted by Gasteiger charge is 2.52. The van der Waals surface area contributed by atoms with Crippen LogP contribution in [-0.2, 0) is 20.6 Å². The van der Waals surface area contributed by atoms with E-state index < -0.39 is 22.4 Å². The molecule has 1 heterocycles. The molecule has 182 valence electrons. The van der Waals surface area contributed by atoms with E-state index in [9.17, 15) is 18.9 Å². The van der Waals surface area contributed by atoms with Crippen molar-refractivity contribution in [2.75, 3.05) is 6.54 Å². The number of likely N-dealkylation sites (tertiary alicyclic amines) is 1. The lowest BCUT2D eigenvalue weighted by Gasteiger charge is -2.49. The highest BCUT2D eigenvalue weighted by molar-refractivity contribution is 7.83. The third-order valence-electron chi connectivity index (χ3n) is 7.90. The maximum Gasteiger partial charge on any atom is 0.304 e. The van der Waals surface area contributed by atoms with Gasteiger partial charge in [-0.3, -0.25) is 9.59 Å². The fourth-order valence-corrected chi connectivity index (χ4v) is 7.19. The van der Waals surface area contributed by atoms with Gasteiger partial charge in [0.1, 0.15) is 0 Å². The second-order valence-electron chi connectivity index (χ2n) is 9.98. The van der Waals surface area contributed by atoms with Gasteiger partial charge in [0, 0.05) is 22.9 Å². The number of carboxylic acid groups (broad SMARTS) is 1. The minimum Gasteiger partial charge on any atom is -0.481 e. The van der Waals surface area contributed by atoms with Gasteiger partial charge in [0.05, 0.1) is 28.9 Å². The molecule has 1 aliphatic heterocycles. The van der Waals surface area contributed by atoms with Gasteiger partial charge in [-0.1, -0.05) is 43.5 Å². The highest BCUT2D eigenvalue weighted by atomic mass is 35.5. The molecule has 3 aliphatic rings. The van der Waals surface area contributed by atoms with E-state index in [2.05, 4.69) is 4.72 Å². The van der Waals surface area contributed by atoms with E-state index in [0.29, 0.717) is 36.7 Å². The molecule has 3 fully saturated rings. The van der Waals surface area contributed by atoms with Crippen molar-refractivity contribution < 1.29 is 18.9 Å². The van der Waals surface area contributed by atoms with Gasteiger partial charge in [-0.15, -0.1) is 0 Å². The number of rotatable bonds is 10. The SMILES string of the molecule is CC[C@]1(CC(=O)O)CC[C@@H](c2ccc(Cl)cc2)N(C(CNS(=O)C2CCCC2)C2CC2)C1=O. The molecule has 2 saturated carbocycles. The van der Waals surface area contributed by atoms with Crippen molar-refractivity contribution in [3.8, 4) is 0 Å². The van der Waals surface area contributed by atoms with Gasteiger partial charge in [-0.25, -0.2) is 8.93 Å². The van der Waals surface area contributed by atoms with Crippen molar-refractivity contribution in [1.29, 1.82) is 0 Å². The van der Waals surface area contributed by atoms with Crippen LogP contribution in [0.3, 0.4) is 0 Å². The zero-order chi connectivity index (χ0) is 23.6. The van der Waals surface area contributed by atoms with E-state index >= 15 is 0 Å². The summed E-state index contributed by atoms with van der Waals surface area (Å²) in [5, 5.41) is 10.4. The molecular formula is C25H35ClN2O4S. The van der Waals surface area contributed by atoms with Crippen LogP contribution >= 0.6 is 11.6 Å². The van der Waals surface area contributed by atoms with Gasteiger partial charge in [0.2, 0.25) is 5.91 Å². The van der Waals surface area contributed by atoms with E-state index in [-0.39, 0.29) is 29.7 Å². The van der Waals surface area contributed by atoms with Crippen LogP contribution in [0.15, 0.2) is 24.3 Å². The van der Waals surface area contributed by atoms with Crippen LogP contribution in [-0.4, -0.2) is 43.9 Å². The number of nitrogens with one attached hydrogen (secondary N) is 1. The zero-order valence-electron chi connectivity index (χ0n) is 19.3. The first kappa shape index (κ1) is 24.7. The van der Waals surface area contributed by atoms with E-state index in [1.54, 1.807) is 0 Å². The number of benzene rings is 1. The summed E-state index contributed by atoms with van der Waals surface area (Å²) >= 11 is 6.12. The molecular weight excluding hydrogens is 460 g/mol. The van der Waals surface area contributed by atoms with Crippen LogP contribution in [0.1, 0.15) is 82.7 Å². The number of nitrogens with zero attached hydrogens (tertiary/aromatic N) is 1. The molecule has 1 saturated heterocycles. The van der Waals surface area contributed by atoms with Crippen molar-refractivity contribution in [1.82, 2.24) is 9.62 Å². The molecule has 8 heteroatoms. The number of hydrogen-bond acceptors (Lipinski definition) is 3. The van der Waals surface area contributed by atoms with E-state index in [1.165, 1.54) is 0 Å². The molecule has 1 amide bonds. The maximum atomic E-state index is 14.1. The largest absolute Gasteiger partial charge is 0.481 e. The second kappa shape index (κ2) is 10.4. The van der Waals surface area contributed by atoms with E-state index in [4.69, 9.17) is 11.6 Å². The number of halogens is 1. The Hall–Kier alpha value is -1.44. The Morgan fingerprint density at radius 3 is 2.45 bits per heavy atom. The number of carbonyl (C=O) groups excluding carboxylic acids is 1. The summed E-state index contributed by atoms with van der Waals surface area (Å²) in [6.07, 6.45) is 7.92. The fraction of sp³-hybridized carbons (Fsp3) is 0.680. The summed E-state index contributed by atoms with van der Waals surface area (Å²) in [4.78, 5) is 27.8. The number of carbonyl (C=O) groups is 2. The maximum absolute atomic E-state index is 14.1. The van der Waals surface area contributed by atoms with Crippen LogP contribution in [0.2, 0.25) is 5.02 Å². The van der Waals surface area contributed by atoms with Crippen molar-refractivity contribution in [2.45, 2.75) is 88.5 Å². The molecule has 0 radical (unpaired) electrons. The normalized spacial score (nSPS) is 28.1. The first-order valence-electron chi connectivity index (χ1n) is 12.3. The summed E-state index contributed by atoms with van der Waals surface area (Å²) in [6.45, 7) is 2.40. The average molecular weight is 495 g/mol. The number of hydrogen-bond donors (Lipinski definition) is 2. The molecule has 0 spiro atoms. The Balaban J connectivity index is 1.63. The van der Waals surface area contributed by atoms with Crippen molar-refractivity contribution >= 4 is 34.5 Å². The predicted molar refractivity (Wildman–Crippen MR) is 130 cm³/mol. The summed E-state index contributed by atoms with van der Waals surface area (Å²) < 4.78 is 16.2. The molecule has 1 aromatic rings. The van der Waals surface area contributed by atoms with Gasteiger partial charge >= 0.3 is 5.97 Å². The minimum atomic E-state index is -1.11. The van der Waals surface area contributed by atoms with Crippen molar-refractivity contribution in [3.05, 3.63) is 34.9 Å². The van der Waals surface area contributed by atoms with Crippen LogP contribution in [0.4, 0.5) is 0 Å². The predicted octanol–water partition coefficient (Wildman–Crippen LogP) is 4.85. The summed E-state index contributed by atoms with van der Waals surface area (Å²) in [5.41, 5.74) is 0.141. The molecule has 2 N–H and O–H groups in total. The molecule has 4 atom stereocenters. The van der Waals surface area contributed by atoms with Crippen LogP contribution in [0.25, 0.3) is 0 Å². The van der Waals surface area contributed by atoms with Crippen molar-refractivity contribution in [3.63, 3.8) is 0 Å². The Bertz CT molecular complexity index is 885. The van der Waals surface area contributed by atoms with Gasteiger partial charge < -0.3 is 10.0 Å². The molecule has 0 aromatic heterocycles. The lowest BCUT2D eigenvalue weighted by Crippen LogP contribution is -2.57. The molecule has 6 nitrogen and oxygen atoms in total. The molecule has 2 aliphatic carbocycles. The Kier molecular flexibility index (Phi) is 7.81. The minimum absolute atomic E-state index is 0.0658. The Morgan fingerprint density at radius 1 is 1.21 bits per heavy atom. The van der Waals surface area contributed by atoms with Gasteiger partial charge in [0.15, 0.2) is 0 Å². The highest BCUT2D eigenvalue weighted by Crippen LogP contribution is 2.49. The quantitative estimate of drug-likeness (QED) is 0.486. The van der Waals surface area contributed by atoms with Gasteiger partial charge in [-0.05, 0) is 68.6 Å². The Morgan fingerprint density at radius 2 is 1.88 bits per heavy atom. The van der Waals surface area contributed by atoms with E-state index in [0.717, 1.165) is 44.1 Å². The lowest BCUT2D eigenvalue weighted by atomic mass is 9.71. The third kappa shape index (κ3) is 5.46. The standard InChI is InChI=1S/C25H35ClN2O4S/c1-2-25(15-23(29)30)14-13-21(17-9-11-19(26)12-10-17)28(24(25)31)22(18-7-8-18)16-27-33(32)20-5-3-4-6-20/h9-12,18,20-22,27H,2-8,13-16H2,1H3,(H,29,30)/t21-,22?,25+,33?/m0/s1.